The number of nitrogens with zero attached hydrogens (tertiary/aromatic N) is 2. The number of benzene rings is 1. The Bertz CT molecular complexity index is 846. The fraction of sp³-hybridized carbons (Fsp3) is 0.278. The van der Waals surface area contributed by atoms with Crippen molar-refractivity contribution in [1.82, 2.24) is 9.97 Å². The van der Waals surface area contributed by atoms with Crippen LogP contribution in [0, 0.1) is 5.92 Å². The van der Waals surface area contributed by atoms with Crippen molar-refractivity contribution in [2.45, 2.75) is 19.8 Å². The molecule has 6 heteroatoms. The van der Waals surface area contributed by atoms with E-state index >= 15 is 0 Å². The molecule has 0 bridgehead atoms. The number of para-hydroxylation sites is 1. The van der Waals surface area contributed by atoms with Crippen molar-refractivity contribution in [2.75, 3.05) is 12.4 Å². The summed E-state index contributed by atoms with van der Waals surface area (Å²) in [6, 6.07) is 9.51. The quantitative estimate of drug-likeness (QED) is 0.759. The lowest BCUT2D eigenvalue weighted by Gasteiger charge is -2.19. The average Bonchev–Trinajstić information content (AvgIpc) is 2.97. The summed E-state index contributed by atoms with van der Waals surface area (Å²) in [5.41, 5.74) is 1.72. The highest BCUT2D eigenvalue weighted by molar-refractivity contribution is 7.22. The van der Waals surface area contributed by atoms with Gasteiger partial charge in [-0.25, -0.2) is 4.98 Å². The van der Waals surface area contributed by atoms with Crippen LogP contribution in [-0.4, -0.2) is 23.0 Å². The molecule has 2 heterocycles. The minimum atomic E-state index is -0.248. The van der Waals surface area contributed by atoms with E-state index in [1.54, 1.807) is 19.5 Å². The highest BCUT2D eigenvalue weighted by Crippen LogP contribution is 2.33. The summed E-state index contributed by atoms with van der Waals surface area (Å²) in [5, 5.41) is 3.54. The minimum absolute atomic E-state index is 0.0609. The van der Waals surface area contributed by atoms with Gasteiger partial charge < -0.3 is 10.1 Å². The van der Waals surface area contributed by atoms with Gasteiger partial charge in [-0.15, -0.1) is 0 Å². The van der Waals surface area contributed by atoms with E-state index in [9.17, 15) is 4.79 Å². The van der Waals surface area contributed by atoms with Crippen molar-refractivity contribution in [3.05, 3.63) is 48.3 Å². The summed E-state index contributed by atoms with van der Waals surface area (Å²) in [4.78, 5) is 21.3. The van der Waals surface area contributed by atoms with Gasteiger partial charge in [0.25, 0.3) is 0 Å². The molecular weight excluding hydrogens is 322 g/mol. The first-order chi connectivity index (χ1) is 11.6. The van der Waals surface area contributed by atoms with Gasteiger partial charge in [-0.05, 0) is 35.7 Å². The van der Waals surface area contributed by atoms with Crippen LogP contribution in [0.25, 0.3) is 10.2 Å². The van der Waals surface area contributed by atoms with Crippen molar-refractivity contribution in [2.24, 2.45) is 5.92 Å². The minimum Gasteiger partial charge on any atom is -0.494 e. The number of aromatic nitrogens is 2. The highest BCUT2D eigenvalue weighted by Gasteiger charge is 2.25. The fourth-order valence-electron chi connectivity index (χ4n) is 2.73. The van der Waals surface area contributed by atoms with Crippen molar-refractivity contribution in [3.63, 3.8) is 0 Å². The summed E-state index contributed by atoms with van der Waals surface area (Å²) in [6.07, 6.45) is 3.42. The molecule has 124 valence electrons. The van der Waals surface area contributed by atoms with Gasteiger partial charge in [-0.3, -0.25) is 9.78 Å². The first-order valence-corrected chi connectivity index (χ1v) is 8.56. The number of anilines is 1. The molecule has 5 nitrogen and oxygen atoms in total. The molecule has 1 N–H and O–H groups in total. The summed E-state index contributed by atoms with van der Waals surface area (Å²) >= 11 is 1.44. The Balaban J connectivity index is 1.88. The topological polar surface area (TPSA) is 64.1 Å². The largest absolute Gasteiger partial charge is 0.494 e. The van der Waals surface area contributed by atoms with Crippen molar-refractivity contribution < 1.29 is 9.53 Å². The molecule has 0 aliphatic carbocycles. The van der Waals surface area contributed by atoms with E-state index < -0.39 is 0 Å². The first kappa shape index (κ1) is 16.4. The molecular formula is C18H19N3O2S. The molecule has 0 saturated carbocycles. The number of pyridine rings is 1. The van der Waals surface area contributed by atoms with Crippen LogP contribution >= 0.6 is 11.3 Å². The summed E-state index contributed by atoms with van der Waals surface area (Å²) in [7, 11) is 1.62. The van der Waals surface area contributed by atoms with E-state index in [0.717, 1.165) is 15.8 Å². The molecule has 0 radical (unpaired) electrons. The number of carbonyl (C=O) groups excluding carboxylic acids is 1. The number of ether oxygens (including phenoxy) is 1. The van der Waals surface area contributed by atoms with E-state index in [2.05, 4.69) is 15.3 Å². The predicted molar refractivity (Wildman–Crippen MR) is 96.6 cm³/mol. The lowest BCUT2D eigenvalue weighted by atomic mass is 9.88. The Kier molecular flexibility index (Phi) is 4.76. The molecule has 0 fully saturated rings. The number of nitrogens with one attached hydrogen (secondary N) is 1. The second-order valence-corrected chi connectivity index (χ2v) is 6.85. The zero-order valence-corrected chi connectivity index (χ0v) is 14.6. The monoisotopic (exact) mass is 341 g/mol. The number of methoxy groups -OCH3 is 1. The molecule has 0 saturated heterocycles. The van der Waals surface area contributed by atoms with E-state index in [1.165, 1.54) is 11.3 Å². The standard InChI is InChI=1S/C18H19N3O2S/c1-11(2)15(12-7-9-19-10-8-12)17(22)21-18-20-16-13(23-3)5-4-6-14(16)24-18/h4-11,15H,1-3H3,(H,20,21,22)/t15-/m1/s1. The average molecular weight is 341 g/mol. The van der Waals surface area contributed by atoms with Crippen LogP contribution in [0.2, 0.25) is 0 Å². The SMILES string of the molecule is COc1cccc2sc(NC(=O)[C@@H](c3ccncc3)C(C)C)nc12. The van der Waals surface area contributed by atoms with Crippen LogP contribution in [0.4, 0.5) is 5.13 Å². The number of carbonyl (C=O) groups is 1. The molecule has 2 aromatic heterocycles. The number of fused-ring (bicyclic) bond motifs is 1. The van der Waals surface area contributed by atoms with Crippen LogP contribution in [0.1, 0.15) is 25.3 Å². The molecule has 0 unspecified atom stereocenters. The van der Waals surface area contributed by atoms with Crippen LogP contribution in [-0.2, 0) is 4.79 Å². The van der Waals surface area contributed by atoms with Crippen LogP contribution in [0.3, 0.4) is 0 Å². The van der Waals surface area contributed by atoms with E-state index in [-0.39, 0.29) is 17.7 Å². The summed E-state index contributed by atoms with van der Waals surface area (Å²) in [5.74, 6) is 0.561. The molecule has 24 heavy (non-hydrogen) atoms. The Labute approximate surface area is 144 Å². The summed E-state index contributed by atoms with van der Waals surface area (Å²) < 4.78 is 6.31. The molecule has 1 amide bonds. The lowest BCUT2D eigenvalue weighted by molar-refractivity contribution is -0.118. The maximum atomic E-state index is 12.8. The van der Waals surface area contributed by atoms with E-state index in [4.69, 9.17) is 4.74 Å². The number of hydrogen-bond donors (Lipinski definition) is 1. The second kappa shape index (κ2) is 6.97. The van der Waals surface area contributed by atoms with Crippen LogP contribution < -0.4 is 10.1 Å². The third kappa shape index (κ3) is 3.23. The van der Waals surface area contributed by atoms with Crippen molar-refractivity contribution in [1.29, 1.82) is 0 Å². The van der Waals surface area contributed by atoms with Crippen LogP contribution in [0.15, 0.2) is 42.7 Å². The first-order valence-electron chi connectivity index (χ1n) is 7.74. The van der Waals surface area contributed by atoms with Crippen LogP contribution in [0.5, 0.6) is 5.75 Å². The van der Waals surface area contributed by atoms with Gasteiger partial charge >= 0.3 is 0 Å². The molecule has 3 aromatic rings. The van der Waals surface area contributed by atoms with Gasteiger partial charge in [0.1, 0.15) is 11.3 Å². The normalized spacial score (nSPS) is 12.3. The Morgan fingerprint density at radius 3 is 2.62 bits per heavy atom. The van der Waals surface area contributed by atoms with Gasteiger partial charge in [0.05, 0.1) is 17.7 Å². The summed E-state index contributed by atoms with van der Waals surface area (Å²) in [6.45, 7) is 4.07. The van der Waals surface area contributed by atoms with Gasteiger partial charge in [0.15, 0.2) is 5.13 Å². The Morgan fingerprint density at radius 2 is 1.96 bits per heavy atom. The molecule has 1 atom stereocenters. The third-order valence-electron chi connectivity index (χ3n) is 3.85. The maximum Gasteiger partial charge on any atom is 0.233 e. The Morgan fingerprint density at radius 1 is 1.21 bits per heavy atom. The molecule has 0 spiro atoms. The second-order valence-electron chi connectivity index (χ2n) is 5.82. The van der Waals surface area contributed by atoms with Gasteiger partial charge in [0.2, 0.25) is 5.91 Å². The number of hydrogen-bond acceptors (Lipinski definition) is 5. The van der Waals surface area contributed by atoms with Crippen molar-refractivity contribution >= 4 is 32.6 Å². The van der Waals surface area contributed by atoms with Gasteiger partial charge in [-0.2, -0.15) is 0 Å². The number of thiazole rings is 1. The van der Waals surface area contributed by atoms with Crippen molar-refractivity contribution in [3.8, 4) is 5.75 Å². The number of rotatable bonds is 5. The number of amides is 1. The van der Waals surface area contributed by atoms with E-state index in [0.29, 0.717) is 10.9 Å². The predicted octanol–water partition coefficient (Wildman–Crippen LogP) is 4.08. The molecule has 1 aromatic carbocycles. The Hall–Kier alpha value is -2.47. The fourth-order valence-corrected chi connectivity index (χ4v) is 3.62. The van der Waals surface area contributed by atoms with Gasteiger partial charge in [0, 0.05) is 12.4 Å². The highest BCUT2D eigenvalue weighted by atomic mass is 32.1. The molecule has 0 aliphatic rings. The molecule has 0 aliphatic heterocycles. The third-order valence-corrected chi connectivity index (χ3v) is 4.78. The zero-order valence-electron chi connectivity index (χ0n) is 13.8. The zero-order chi connectivity index (χ0) is 17.1. The van der Waals surface area contributed by atoms with Gasteiger partial charge in [-0.1, -0.05) is 31.3 Å². The molecule has 3 rings (SSSR count). The lowest BCUT2D eigenvalue weighted by Crippen LogP contribution is -2.25. The van der Waals surface area contributed by atoms with E-state index in [1.807, 2.05) is 44.2 Å². The smallest absolute Gasteiger partial charge is 0.233 e. The maximum absolute atomic E-state index is 12.8.